The van der Waals surface area contributed by atoms with Crippen LogP contribution < -0.4 is 9.47 Å². The van der Waals surface area contributed by atoms with Crippen LogP contribution in [0.25, 0.3) is 0 Å². The van der Waals surface area contributed by atoms with Crippen molar-refractivity contribution in [3.05, 3.63) is 58.6 Å². The molecule has 0 N–H and O–H groups in total. The van der Waals surface area contributed by atoms with Crippen molar-refractivity contribution in [3.8, 4) is 11.5 Å². The van der Waals surface area contributed by atoms with E-state index < -0.39 is 0 Å². The van der Waals surface area contributed by atoms with Crippen molar-refractivity contribution in [2.24, 2.45) is 0 Å². The molecule has 1 amide bonds. The first-order chi connectivity index (χ1) is 14.6. The first-order valence-corrected chi connectivity index (χ1v) is 11.1. The molecule has 2 aliphatic rings. The number of methoxy groups -OCH3 is 1. The van der Waals surface area contributed by atoms with Crippen LogP contribution in [0.5, 0.6) is 11.5 Å². The Bertz CT molecular complexity index is 857. The van der Waals surface area contributed by atoms with Crippen LogP contribution in [0.4, 0.5) is 0 Å². The maximum atomic E-state index is 13.0. The Morgan fingerprint density at radius 1 is 1.00 bits per heavy atom. The van der Waals surface area contributed by atoms with E-state index in [0.717, 1.165) is 37.8 Å². The molecule has 0 radical (unpaired) electrons. The second-order valence-electron chi connectivity index (χ2n) is 8.05. The zero-order valence-electron chi connectivity index (χ0n) is 17.5. The van der Waals surface area contributed by atoms with Crippen molar-refractivity contribution in [2.45, 2.75) is 38.3 Å². The number of ether oxygens (including phenoxy) is 2. The summed E-state index contributed by atoms with van der Waals surface area (Å²) >= 11 is 5.93. The molecule has 0 spiro atoms. The number of amides is 1. The van der Waals surface area contributed by atoms with Gasteiger partial charge in [-0.3, -0.25) is 9.69 Å². The highest BCUT2D eigenvalue weighted by atomic mass is 35.5. The van der Waals surface area contributed by atoms with Crippen LogP contribution in [0, 0.1) is 0 Å². The average Bonchev–Trinajstić information content (AvgIpc) is 3.33. The molecular weight excluding hydrogens is 400 g/mol. The van der Waals surface area contributed by atoms with Gasteiger partial charge in [0.1, 0.15) is 6.61 Å². The minimum Gasteiger partial charge on any atom is -0.493 e. The van der Waals surface area contributed by atoms with Gasteiger partial charge < -0.3 is 14.4 Å². The molecule has 5 nitrogen and oxygen atoms in total. The minimum absolute atomic E-state index is 0.0589. The van der Waals surface area contributed by atoms with Crippen LogP contribution in [0.15, 0.2) is 42.5 Å². The number of carbonyl (C=O) groups is 1. The largest absolute Gasteiger partial charge is 0.493 e. The molecule has 1 heterocycles. The van der Waals surface area contributed by atoms with Gasteiger partial charge in [-0.2, -0.15) is 0 Å². The molecule has 6 heteroatoms. The predicted molar refractivity (Wildman–Crippen MR) is 119 cm³/mol. The molecule has 0 unspecified atom stereocenters. The average molecular weight is 429 g/mol. The number of nitrogens with zero attached hydrogens (tertiary/aromatic N) is 2. The maximum Gasteiger partial charge on any atom is 0.254 e. The van der Waals surface area contributed by atoms with E-state index in [1.165, 1.54) is 25.7 Å². The molecule has 30 heavy (non-hydrogen) atoms. The highest BCUT2D eigenvalue weighted by Crippen LogP contribution is 2.30. The fourth-order valence-corrected chi connectivity index (χ4v) is 4.53. The SMILES string of the molecule is COc1cc(C(=O)N2CCN(C3CCCC3)CC2)ccc1OCc1ccc(Cl)cc1. The van der Waals surface area contributed by atoms with Gasteiger partial charge in [0.15, 0.2) is 11.5 Å². The number of hydrogen-bond donors (Lipinski definition) is 0. The van der Waals surface area contributed by atoms with Gasteiger partial charge in [0.05, 0.1) is 7.11 Å². The fraction of sp³-hybridized carbons (Fsp3) is 0.458. The van der Waals surface area contributed by atoms with E-state index >= 15 is 0 Å². The minimum atomic E-state index is 0.0589. The number of benzene rings is 2. The normalized spacial score (nSPS) is 17.9. The molecule has 0 aromatic heterocycles. The first kappa shape index (κ1) is 21.0. The van der Waals surface area contributed by atoms with Gasteiger partial charge in [-0.05, 0) is 48.7 Å². The third kappa shape index (κ3) is 4.90. The summed E-state index contributed by atoms with van der Waals surface area (Å²) < 4.78 is 11.4. The van der Waals surface area contributed by atoms with Crippen LogP contribution in [-0.2, 0) is 6.61 Å². The molecule has 1 saturated carbocycles. The van der Waals surface area contributed by atoms with Gasteiger partial charge in [0.2, 0.25) is 0 Å². The summed E-state index contributed by atoms with van der Waals surface area (Å²) in [6.45, 7) is 3.91. The van der Waals surface area contributed by atoms with Crippen LogP contribution in [-0.4, -0.2) is 55.0 Å². The van der Waals surface area contributed by atoms with Gasteiger partial charge >= 0.3 is 0 Å². The van der Waals surface area contributed by atoms with Gasteiger partial charge in [-0.15, -0.1) is 0 Å². The summed E-state index contributed by atoms with van der Waals surface area (Å²) in [5.74, 6) is 1.25. The van der Waals surface area contributed by atoms with Crippen LogP contribution in [0.1, 0.15) is 41.6 Å². The Kier molecular flexibility index (Phi) is 6.80. The van der Waals surface area contributed by atoms with Crippen molar-refractivity contribution in [1.29, 1.82) is 0 Å². The lowest BCUT2D eigenvalue weighted by molar-refractivity contribution is 0.0573. The number of hydrogen-bond acceptors (Lipinski definition) is 4. The number of carbonyl (C=O) groups excluding carboxylic acids is 1. The second kappa shape index (κ2) is 9.71. The van der Waals surface area contributed by atoms with Crippen LogP contribution in [0.3, 0.4) is 0 Å². The lowest BCUT2D eigenvalue weighted by atomic mass is 10.1. The summed E-state index contributed by atoms with van der Waals surface area (Å²) in [6.07, 6.45) is 5.30. The molecule has 160 valence electrons. The second-order valence-corrected chi connectivity index (χ2v) is 8.48. The van der Waals surface area contributed by atoms with Crippen LogP contribution >= 0.6 is 11.6 Å². The highest BCUT2D eigenvalue weighted by Gasteiger charge is 2.28. The smallest absolute Gasteiger partial charge is 0.254 e. The fourth-order valence-electron chi connectivity index (χ4n) is 4.40. The summed E-state index contributed by atoms with van der Waals surface area (Å²) in [5.41, 5.74) is 1.65. The summed E-state index contributed by atoms with van der Waals surface area (Å²) in [4.78, 5) is 17.5. The Hall–Kier alpha value is -2.24. The standard InChI is InChI=1S/C24H29ClN2O3/c1-29-23-16-19(8-11-22(23)30-17-18-6-9-20(25)10-7-18)24(28)27-14-12-26(13-15-27)21-4-2-3-5-21/h6-11,16,21H,2-5,12-15,17H2,1H3. The zero-order chi connectivity index (χ0) is 20.9. The number of piperazine rings is 1. The molecule has 1 aliphatic carbocycles. The van der Waals surface area contributed by atoms with Gasteiger partial charge in [0, 0.05) is 42.8 Å². The lowest BCUT2D eigenvalue weighted by Gasteiger charge is -2.38. The molecule has 4 rings (SSSR count). The Morgan fingerprint density at radius 2 is 1.70 bits per heavy atom. The summed E-state index contributed by atoms with van der Waals surface area (Å²) in [6, 6.07) is 13.7. The summed E-state index contributed by atoms with van der Waals surface area (Å²) in [7, 11) is 1.60. The van der Waals surface area contributed by atoms with E-state index in [4.69, 9.17) is 21.1 Å². The molecule has 1 saturated heterocycles. The van der Waals surface area contributed by atoms with E-state index in [1.54, 1.807) is 13.2 Å². The van der Waals surface area contributed by atoms with Crippen molar-refractivity contribution < 1.29 is 14.3 Å². The van der Waals surface area contributed by atoms with E-state index in [2.05, 4.69) is 4.90 Å². The number of rotatable bonds is 6. The van der Waals surface area contributed by atoms with Gasteiger partial charge in [-0.1, -0.05) is 36.6 Å². The Labute approximate surface area is 183 Å². The van der Waals surface area contributed by atoms with Gasteiger partial charge in [-0.25, -0.2) is 0 Å². The molecule has 0 atom stereocenters. The monoisotopic (exact) mass is 428 g/mol. The molecule has 2 aromatic carbocycles. The molecule has 2 aromatic rings. The molecule has 0 bridgehead atoms. The van der Waals surface area contributed by atoms with E-state index in [-0.39, 0.29) is 5.91 Å². The van der Waals surface area contributed by atoms with Crippen molar-refractivity contribution in [3.63, 3.8) is 0 Å². The highest BCUT2D eigenvalue weighted by molar-refractivity contribution is 6.30. The Morgan fingerprint density at radius 3 is 2.37 bits per heavy atom. The zero-order valence-corrected chi connectivity index (χ0v) is 18.2. The van der Waals surface area contributed by atoms with Crippen molar-refractivity contribution in [2.75, 3.05) is 33.3 Å². The third-order valence-corrected chi connectivity index (χ3v) is 6.41. The molecule has 2 fully saturated rings. The van der Waals surface area contributed by atoms with E-state index in [0.29, 0.717) is 28.7 Å². The van der Waals surface area contributed by atoms with Crippen LogP contribution in [0.2, 0.25) is 5.02 Å². The quantitative estimate of drug-likeness (QED) is 0.672. The van der Waals surface area contributed by atoms with Gasteiger partial charge in [0.25, 0.3) is 5.91 Å². The Balaban J connectivity index is 1.37. The lowest BCUT2D eigenvalue weighted by Crippen LogP contribution is -2.51. The van der Waals surface area contributed by atoms with E-state index in [9.17, 15) is 4.79 Å². The molecular formula is C24H29ClN2O3. The van der Waals surface area contributed by atoms with Crippen molar-refractivity contribution in [1.82, 2.24) is 9.80 Å². The topological polar surface area (TPSA) is 42.0 Å². The van der Waals surface area contributed by atoms with Crippen molar-refractivity contribution >= 4 is 17.5 Å². The predicted octanol–water partition coefficient (Wildman–Crippen LogP) is 4.63. The first-order valence-electron chi connectivity index (χ1n) is 10.7. The molecule has 1 aliphatic heterocycles. The van der Waals surface area contributed by atoms with E-state index in [1.807, 2.05) is 41.3 Å². The maximum absolute atomic E-state index is 13.0. The summed E-state index contributed by atoms with van der Waals surface area (Å²) in [5, 5.41) is 0.697. The third-order valence-electron chi connectivity index (χ3n) is 6.16. The number of halogens is 1.